The van der Waals surface area contributed by atoms with E-state index in [-0.39, 0.29) is 6.04 Å². The van der Waals surface area contributed by atoms with Gasteiger partial charge in [-0.2, -0.15) is 0 Å². The zero-order chi connectivity index (χ0) is 12.4. The van der Waals surface area contributed by atoms with Crippen LogP contribution in [0.1, 0.15) is 16.7 Å². The predicted octanol–water partition coefficient (Wildman–Crippen LogP) is 1.82. The van der Waals surface area contributed by atoms with E-state index in [0.29, 0.717) is 13.2 Å². The Morgan fingerprint density at radius 3 is 2.94 bits per heavy atom. The van der Waals surface area contributed by atoms with Crippen LogP contribution >= 0.6 is 11.3 Å². The molecule has 1 saturated heterocycles. The Hall–Kier alpha value is -1.53. The van der Waals surface area contributed by atoms with Crippen molar-refractivity contribution in [1.29, 1.82) is 0 Å². The lowest BCUT2D eigenvalue weighted by Crippen LogP contribution is -2.40. The number of nitrogens with zero attached hydrogens (tertiary/aromatic N) is 4. The van der Waals surface area contributed by atoms with Gasteiger partial charge in [0.15, 0.2) is 0 Å². The molecule has 1 aliphatic rings. The first-order chi connectivity index (χ1) is 8.84. The Morgan fingerprint density at radius 2 is 2.22 bits per heavy atom. The topological polar surface area (TPSA) is 51.1 Å². The molecule has 18 heavy (non-hydrogen) atoms. The van der Waals surface area contributed by atoms with E-state index < -0.39 is 0 Å². The lowest BCUT2D eigenvalue weighted by Gasteiger charge is -2.34. The highest BCUT2D eigenvalue weighted by Crippen LogP contribution is 2.27. The van der Waals surface area contributed by atoms with E-state index in [4.69, 9.17) is 4.74 Å². The van der Waals surface area contributed by atoms with Gasteiger partial charge in [0.05, 0.1) is 30.0 Å². The molecule has 0 bridgehead atoms. The van der Waals surface area contributed by atoms with Gasteiger partial charge in [-0.25, -0.2) is 15.0 Å². The minimum absolute atomic E-state index is 0.117. The standard InChI is InChI=1S/C12H14N4OS/c1-9-15-10(8-18-9)11-7-17-6-5-16(11)12-13-3-2-4-14-12/h2-4,8,11H,5-7H2,1H3/t11-/m1/s1. The molecule has 1 fully saturated rings. The Bertz CT molecular complexity index is 516. The van der Waals surface area contributed by atoms with Crippen molar-refractivity contribution in [3.63, 3.8) is 0 Å². The maximum absolute atomic E-state index is 5.56. The van der Waals surface area contributed by atoms with Gasteiger partial charge in [0.25, 0.3) is 0 Å². The minimum atomic E-state index is 0.117. The van der Waals surface area contributed by atoms with Crippen molar-refractivity contribution in [2.75, 3.05) is 24.7 Å². The van der Waals surface area contributed by atoms with Crippen LogP contribution in [-0.2, 0) is 4.74 Å². The summed E-state index contributed by atoms with van der Waals surface area (Å²) in [6.07, 6.45) is 3.53. The molecule has 0 spiro atoms. The number of hydrogen-bond donors (Lipinski definition) is 0. The van der Waals surface area contributed by atoms with E-state index in [1.54, 1.807) is 23.7 Å². The van der Waals surface area contributed by atoms with E-state index >= 15 is 0 Å². The van der Waals surface area contributed by atoms with Gasteiger partial charge in [0.2, 0.25) is 5.95 Å². The average molecular weight is 262 g/mol. The summed E-state index contributed by atoms with van der Waals surface area (Å²) in [4.78, 5) is 15.4. The maximum Gasteiger partial charge on any atom is 0.225 e. The highest BCUT2D eigenvalue weighted by Gasteiger charge is 2.28. The van der Waals surface area contributed by atoms with Gasteiger partial charge in [-0.05, 0) is 13.0 Å². The van der Waals surface area contributed by atoms with E-state index in [1.807, 2.05) is 13.0 Å². The highest BCUT2D eigenvalue weighted by molar-refractivity contribution is 7.09. The van der Waals surface area contributed by atoms with E-state index in [9.17, 15) is 0 Å². The predicted molar refractivity (Wildman–Crippen MR) is 69.8 cm³/mol. The third-order valence-corrected chi connectivity index (χ3v) is 3.71. The molecule has 5 nitrogen and oxygen atoms in total. The Morgan fingerprint density at radius 1 is 1.39 bits per heavy atom. The molecule has 0 saturated carbocycles. The molecule has 6 heteroatoms. The second-order valence-electron chi connectivity index (χ2n) is 4.12. The van der Waals surface area contributed by atoms with Crippen LogP contribution in [0, 0.1) is 6.92 Å². The van der Waals surface area contributed by atoms with E-state index in [2.05, 4.69) is 25.2 Å². The number of hydrogen-bond acceptors (Lipinski definition) is 6. The molecule has 94 valence electrons. The number of thiazole rings is 1. The highest BCUT2D eigenvalue weighted by atomic mass is 32.1. The molecule has 0 radical (unpaired) electrons. The summed E-state index contributed by atoms with van der Waals surface area (Å²) in [6, 6.07) is 1.94. The molecule has 0 aromatic carbocycles. The SMILES string of the molecule is Cc1nc([C@H]2COCCN2c2ncccn2)cs1. The molecule has 1 atom stereocenters. The first-order valence-corrected chi connectivity index (χ1v) is 6.76. The number of morpholine rings is 1. The Kier molecular flexibility index (Phi) is 3.21. The van der Waals surface area contributed by atoms with E-state index in [1.165, 1.54) is 0 Å². The molecule has 0 amide bonds. The molecule has 1 aliphatic heterocycles. The monoisotopic (exact) mass is 262 g/mol. The molecule has 0 N–H and O–H groups in total. The lowest BCUT2D eigenvalue weighted by atomic mass is 10.2. The summed E-state index contributed by atoms with van der Waals surface area (Å²) < 4.78 is 5.56. The van der Waals surface area contributed by atoms with Crippen LogP contribution in [0.5, 0.6) is 0 Å². The summed E-state index contributed by atoms with van der Waals surface area (Å²) in [6.45, 7) is 4.16. The first kappa shape index (κ1) is 11.6. The average Bonchev–Trinajstić information content (AvgIpc) is 2.86. The first-order valence-electron chi connectivity index (χ1n) is 5.88. The van der Waals surface area contributed by atoms with Gasteiger partial charge in [-0.1, -0.05) is 0 Å². The van der Waals surface area contributed by atoms with Crippen molar-refractivity contribution in [2.45, 2.75) is 13.0 Å². The van der Waals surface area contributed by atoms with Crippen LogP contribution < -0.4 is 4.90 Å². The molecular formula is C12H14N4OS. The fraction of sp³-hybridized carbons (Fsp3) is 0.417. The van der Waals surface area contributed by atoms with Crippen molar-refractivity contribution in [3.8, 4) is 0 Å². The van der Waals surface area contributed by atoms with Crippen LogP contribution in [-0.4, -0.2) is 34.7 Å². The molecule has 3 heterocycles. The van der Waals surface area contributed by atoms with Crippen LogP contribution in [0.25, 0.3) is 0 Å². The summed E-state index contributed by atoms with van der Waals surface area (Å²) in [5.41, 5.74) is 1.05. The number of ether oxygens (including phenoxy) is 1. The Balaban J connectivity index is 1.91. The summed E-state index contributed by atoms with van der Waals surface area (Å²) in [5.74, 6) is 0.747. The van der Waals surface area contributed by atoms with Crippen molar-refractivity contribution >= 4 is 17.3 Å². The zero-order valence-corrected chi connectivity index (χ0v) is 10.9. The Labute approximate surface area is 109 Å². The van der Waals surface area contributed by atoms with Crippen LogP contribution in [0.15, 0.2) is 23.8 Å². The van der Waals surface area contributed by atoms with Gasteiger partial charge in [-0.3, -0.25) is 0 Å². The van der Waals surface area contributed by atoms with Crippen molar-refractivity contribution in [3.05, 3.63) is 34.5 Å². The smallest absolute Gasteiger partial charge is 0.225 e. The van der Waals surface area contributed by atoms with Crippen molar-refractivity contribution < 1.29 is 4.74 Å². The normalized spacial score (nSPS) is 20.1. The zero-order valence-electron chi connectivity index (χ0n) is 10.1. The third kappa shape index (κ3) is 2.21. The molecular weight excluding hydrogens is 248 g/mol. The van der Waals surface area contributed by atoms with Crippen molar-refractivity contribution in [1.82, 2.24) is 15.0 Å². The number of aromatic nitrogens is 3. The molecule has 0 unspecified atom stereocenters. The fourth-order valence-electron chi connectivity index (χ4n) is 2.06. The number of aryl methyl sites for hydroxylation is 1. The molecule has 2 aromatic heterocycles. The fourth-order valence-corrected chi connectivity index (χ4v) is 2.72. The summed E-state index contributed by atoms with van der Waals surface area (Å²) in [5, 5.41) is 3.16. The summed E-state index contributed by atoms with van der Waals surface area (Å²) >= 11 is 1.66. The van der Waals surface area contributed by atoms with Gasteiger partial charge in [0, 0.05) is 24.3 Å². The molecule has 2 aromatic rings. The number of rotatable bonds is 2. The van der Waals surface area contributed by atoms with E-state index in [0.717, 1.165) is 23.2 Å². The quantitative estimate of drug-likeness (QED) is 0.826. The van der Waals surface area contributed by atoms with Gasteiger partial charge >= 0.3 is 0 Å². The van der Waals surface area contributed by atoms with Gasteiger partial charge in [-0.15, -0.1) is 11.3 Å². The van der Waals surface area contributed by atoms with Gasteiger partial charge < -0.3 is 9.64 Å². The van der Waals surface area contributed by atoms with Crippen LogP contribution in [0.3, 0.4) is 0 Å². The van der Waals surface area contributed by atoms with Crippen molar-refractivity contribution in [2.24, 2.45) is 0 Å². The second kappa shape index (κ2) is 4.99. The van der Waals surface area contributed by atoms with Crippen LogP contribution in [0.2, 0.25) is 0 Å². The summed E-state index contributed by atoms with van der Waals surface area (Å²) in [7, 11) is 0. The molecule has 0 aliphatic carbocycles. The largest absolute Gasteiger partial charge is 0.377 e. The lowest BCUT2D eigenvalue weighted by molar-refractivity contribution is 0.0922. The third-order valence-electron chi connectivity index (χ3n) is 2.92. The van der Waals surface area contributed by atoms with Gasteiger partial charge in [0.1, 0.15) is 0 Å². The van der Waals surface area contributed by atoms with Crippen LogP contribution in [0.4, 0.5) is 5.95 Å². The minimum Gasteiger partial charge on any atom is -0.377 e. The second-order valence-corrected chi connectivity index (χ2v) is 5.19. The molecule has 3 rings (SSSR count). The maximum atomic E-state index is 5.56. The number of anilines is 1.